The Labute approximate surface area is 145 Å². The van der Waals surface area contributed by atoms with Gasteiger partial charge in [-0.3, -0.25) is 0 Å². The highest BCUT2D eigenvalue weighted by Gasteiger charge is 2.33. The smallest absolute Gasteiger partial charge is 0.318 e. The zero-order valence-corrected chi connectivity index (χ0v) is 14.4. The summed E-state index contributed by atoms with van der Waals surface area (Å²) < 4.78 is 20.3. The Morgan fingerprint density at radius 2 is 2.20 bits per heavy atom. The lowest BCUT2D eigenvalue weighted by Gasteiger charge is -2.25. The Morgan fingerprint density at radius 3 is 2.84 bits per heavy atom. The van der Waals surface area contributed by atoms with Crippen LogP contribution >= 0.6 is 0 Å². The lowest BCUT2D eigenvalue weighted by Crippen LogP contribution is -2.41. The molecule has 0 radical (unpaired) electrons. The van der Waals surface area contributed by atoms with Crippen LogP contribution in [0.15, 0.2) is 30.6 Å². The van der Waals surface area contributed by atoms with Gasteiger partial charge in [0.2, 0.25) is 0 Å². The van der Waals surface area contributed by atoms with Crippen LogP contribution in [0, 0.1) is 5.82 Å². The number of carbonyl (C=O) groups excluding carboxylic acids is 1. The highest BCUT2D eigenvalue weighted by atomic mass is 19.1. The summed E-state index contributed by atoms with van der Waals surface area (Å²) in [5.41, 5.74) is 0.815. The van der Waals surface area contributed by atoms with Crippen molar-refractivity contribution in [3.63, 3.8) is 0 Å². The van der Waals surface area contributed by atoms with Crippen molar-refractivity contribution in [1.82, 2.24) is 25.0 Å². The maximum atomic E-state index is 13.1. The van der Waals surface area contributed by atoms with E-state index < -0.39 is 0 Å². The molecule has 2 heterocycles. The molecule has 134 valence electrons. The Kier molecular flexibility index (Phi) is 5.28. The number of aryl methyl sites for hydroxylation is 1. The van der Waals surface area contributed by atoms with E-state index in [1.807, 2.05) is 11.6 Å². The molecule has 2 amide bonds. The summed E-state index contributed by atoms with van der Waals surface area (Å²) in [6.07, 6.45) is 3.10. The Morgan fingerprint density at radius 1 is 1.44 bits per heavy atom. The SMILES string of the molecule is COC(CNC(=O)N1CCCC1c1nncn1C)c1ccc(F)cc1. The molecule has 1 N–H and O–H groups in total. The Balaban J connectivity index is 1.63. The highest BCUT2D eigenvalue weighted by Crippen LogP contribution is 2.30. The van der Waals surface area contributed by atoms with Crippen LogP contribution in [0.1, 0.15) is 36.4 Å². The van der Waals surface area contributed by atoms with Gasteiger partial charge < -0.3 is 19.5 Å². The first-order valence-electron chi connectivity index (χ1n) is 8.26. The lowest BCUT2D eigenvalue weighted by atomic mass is 10.1. The van der Waals surface area contributed by atoms with Gasteiger partial charge in [0.15, 0.2) is 5.82 Å². The molecule has 1 aromatic heterocycles. The maximum Gasteiger partial charge on any atom is 0.318 e. The number of carbonyl (C=O) groups is 1. The van der Waals surface area contributed by atoms with Gasteiger partial charge in [-0.05, 0) is 30.5 Å². The van der Waals surface area contributed by atoms with Gasteiger partial charge in [-0.1, -0.05) is 12.1 Å². The van der Waals surface area contributed by atoms with Crippen molar-refractivity contribution in [2.24, 2.45) is 7.05 Å². The van der Waals surface area contributed by atoms with E-state index >= 15 is 0 Å². The van der Waals surface area contributed by atoms with Gasteiger partial charge in [-0.15, -0.1) is 10.2 Å². The Hall–Kier alpha value is -2.48. The first-order valence-corrected chi connectivity index (χ1v) is 8.26. The fourth-order valence-corrected chi connectivity index (χ4v) is 3.17. The average molecular weight is 347 g/mol. The molecule has 1 aliphatic heterocycles. The van der Waals surface area contributed by atoms with Crippen LogP contribution in [-0.2, 0) is 11.8 Å². The number of hydrogen-bond acceptors (Lipinski definition) is 4. The van der Waals surface area contributed by atoms with E-state index in [2.05, 4.69) is 15.5 Å². The van der Waals surface area contributed by atoms with Gasteiger partial charge in [0, 0.05) is 27.2 Å². The van der Waals surface area contributed by atoms with E-state index in [-0.39, 0.29) is 24.0 Å². The first kappa shape index (κ1) is 17.3. The predicted octanol–water partition coefficient (Wildman–Crippen LogP) is 2.19. The molecule has 1 saturated heterocycles. The molecule has 0 bridgehead atoms. The number of benzene rings is 1. The second kappa shape index (κ2) is 7.60. The second-order valence-corrected chi connectivity index (χ2v) is 6.11. The number of urea groups is 1. The Bertz CT molecular complexity index is 718. The third-order valence-electron chi connectivity index (χ3n) is 4.52. The average Bonchev–Trinajstić information content (AvgIpc) is 3.25. The van der Waals surface area contributed by atoms with E-state index in [0.29, 0.717) is 13.1 Å². The molecule has 0 saturated carbocycles. The zero-order valence-electron chi connectivity index (χ0n) is 14.4. The van der Waals surface area contributed by atoms with Gasteiger partial charge >= 0.3 is 6.03 Å². The summed E-state index contributed by atoms with van der Waals surface area (Å²) >= 11 is 0. The van der Waals surface area contributed by atoms with Crippen molar-refractivity contribution in [2.45, 2.75) is 25.0 Å². The third-order valence-corrected chi connectivity index (χ3v) is 4.52. The van der Waals surface area contributed by atoms with E-state index in [0.717, 1.165) is 24.2 Å². The zero-order chi connectivity index (χ0) is 17.8. The number of nitrogens with zero attached hydrogens (tertiary/aromatic N) is 4. The fraction of sp³-hybridized carbons (Fsp3) is 0.471. The molecule has 0 spiro atoms. The lowest BCUT2D eigenvalue weighted by molar-refractivity contribution is 0.101. The minimum absolute atomic E-state index is 0.0701. The van der Waals surface area contributed by atoms with Crippen molar-refractivity contribution in [3.8, 4) is 0 Å². The largest absolute Gasteiger partial charge is 0.375 e. The van der Waals surface area contributed by atoms with Crippen LogP contribution in [0.5, 0.6) is 0 Å². The maximum absolute atomic E-state index is 13.1. The number of aromatic nitrogens is 3. The van der Waals surface area contributed by atoms with E-state index in [1.165, 1.54) is 12.1 Å². The summed E-state index contributed by atoms with van der Waals surface area (Å²) in [4.78, 5) is 14.4. The number of halogens is 1. The van der Waals surface area contributed by atoms with Crippen molar-refractivity contribution < 1.29 is 13.9 Å². The van der Waals surface area contributed by atoms with Crippen molar-refractivity contribution in [3.05, 3.63) is 47.8 Å². The van der Waals surface area contributed by atoms with Crippen LogP contribution in [0.25, 0.3) is 0 Å². The van der Waals surface area contributed by atoms with Gasteiger partial charge in [-0.25, -0.2) is 9.18 Å². The quantitative estimate of drug-likeness (QED) is 0.900. The number of hydrogen-bond donors (Lipinski definition) is 1. The van der Waals surface area contributed by atoms with E-state index in [4.69, 9.17) is 4.74 Å². The van der Waals surface area contributed by atoms with Crippen molar-refractivity contribution in [1.29, 1.82) is 0 Å². The second-order valence-electron chi connectivity index (χ2n) is 6.11. The molecule has 3 rings (SSSR count). The molecule has 1 fully saturated rings. The van der Waals surface area contributed by atoms with Crippen LogP contribution < -0.4 is 5.32 Å². The molecule has 1 aromatic carbocycles. The third kappa shape index (κ3) is 3.79. The molecule has 25 heavy (non-hydrogen) atoms. The summed E-state index contributed by atoms with van der Waals surface area (Å²) in [5, 5.41) is 10.9. The summed E-state index contributed by atoms with van der Waals surface area (Å²) in [6, 6.07) is 5.86. The van der Waals surface area contributed by atoms with Crippen LogP contribution in [0.3, 0.4) is 0 Å². The summed E-state index contributed by atoms with van der Waals surface area (Å²) in [5.74, 6) is 0.487. The summed E-state index contributed by atoms with van der Waals surface area (Å²) in [7, 11) is 3.44. The molecular weight excluding hydrogens is 325 g/mol. The molecule has 2 aromatic rings. The summed E-state index contributed by atoms with van der Waals surface area (Å²) in [6.45, 7) is 0.987. The molecule has 2 atom stereocenters. The number of methoxy groups -OCH3 is 1. The minimum Gasteiger partial charge on any atom is -0.375 e. The van der Waals surface area contributed by atoms with Crippen molar-refractivity contribution >= 4 is 6.03 Å². The standard InChI is InChI=1S/C17H22FN5O2/c1-22-11-20-21-16(22)14-4-3-9-23(14)17(24)19-10-15(25-2)12-5-7-13(18)8-6-12/h5-8,11,14-15H,3-4,9-10H2,1-2H3,(H,19,24). The van der Waals surface area contributed by atoms with Gasteiger partial charge in [0.25, 0.3) is 0 Å². The van der Waals surface area contributed by atoms with Crippen LogP contribution in [0.4, 0.5) is 9.18 Å². The molecule has 8 heteroatoms. The monoisotopic (exact) mass is 347 g/mol. The molecule has 2 unspecified atom stereocenters. The minimum atomic E-state index is -0.333. The highest BCUT2D eigenvalue weighted by molar-refractivity contribution is 5.75. The fourth-order valence-electron chi connectivity index (χ4n) is 3.17. The van der Waals surface area contributed by atoms with Gasteiger partial charge in [-0.2, -0.15) is 0 Å². The molecular formula is C17H22FN5O2. The number of amides is 2. The van der Waals surface area contributed by atoms with Gasteiger partial charge in [0.1, 0.15) is 12.1 Å². The first-order chi connectivity index (χ1) is 12.1. The van der Waals surface area contributed by atoms with E-state index in [1.54, 1.807) is 30.5 Å². The normalized spacial score (nSPS) is 18.4. The van der Waals surface area contributed by atoms with Crippen LogP contribution in [0.2, 0.25) is 0 Å². The predicted molar refractivity (Wildman–Crippen MR) is 89.2 cm³/mol. The molecule has 1 aliphatic rings. The van der Waals surface area contributed by atoms with Gasteiger partial charge in [0.05, 0.1) is 12.1 Å². The molecule has 0 aliphatic carbocycles. The topological polar surface area (TPSA) is 72.3 Å². The number of rotatable bonds is 5. The van der Waals surface area contributed by atoms with Crippen LogP contribution in [-0.4, -0.2) is 45.9 Å². The number of likely N-dealkylation sites (tertiary alicyclic amines) is 1. The number of nitrogens with one attached hydrogen (secondary N) is 1. The van der Waals surface area contributed by atoms with E-state index in [9.17, 15) is 9.18 Å². The number of ether oxygens (including phenoxy) is 1. The van der Waals surface area contributed by atoms with Crippen molar-refractivity contribution in [2.75, 3.05) is 20.2 Å². The molecule has 7 nitrogen and oxygen atoms in total.